The normalized spacial score (nSPS) is 10.5. The molecule has 0 aliphatic rings. The summed E-state index contributed by atoms with van der Waals surface area (Å²) in [6, 6.07) is 19.2. The Morgan fingerprint density at radius 2 is 1.50 bits per heavy atom. The number of rotatable bonds is 3. The van der Waals surface area contributed by atoms with Crippen LogP contribution in [0.3, 0.4) is 0 Å². The highest BCUT2D eigenvalue weighted by Gasteiger charge is 2.07. The zero-order chi connectivity index (χ0) is 12.8. The van der Waals surface area contributed by atoms with Crippen molar-refractivity contribution in [1.82, 2.24) is 4.90 Å². The van der Waals surface area contributed by atoms with Gasteiger partial charge in [0, 0.05) is 18.8 Å². The maximum atomic E-state index is 12.0. The van der Waals surface area contributed by atoms with Gasteiger partial charge in [0.15, 0.2) is 0 Å². The summed E-state index contributed by atoms with van der Waals surface area (Å²) in [5.74, 6) is -0.0113. The van der Waals surface area contributed by atoms with E-state index in [-0.39, 0.29) is 5.91 Å². The van der Waals surface area contributed by atoms with Crippen LogP contribution in [0.15, 0.2) is 66.9 Å². The molecule has 2 aromatic rings. The second kappa shape index (κ2) is 5.82. The predicted molar refractivity (Wildman–Crippen MR) is 74.0 cm³/mol. The standard InChI is InChI=1S/C16H15NO/c1-17(13-12-14-8-4-2-5-9-14)16(18)15-10-6-3-7-11-15/h2-13H,1H3/b13-12+. The molecule has 0 unspecified atom stereocenters. The van der Waals surface area contributed by atoms with Crippen molar-refractivity contribution in [1.29, 1.82) is 0 Å². The van der Waals surface area contributed by atoms with Crippen LogP contribution in [0.5, 0.6) is 0 Å². The van der Waals surface area contributed by atoms with Gasteiger partial charge in [-0.05, 0) is 23.8 Å². The second-order valence-corrected chi connectivity index (χ2v) is 4.01. The first-order chi connectivity index (χ1) is 8.77. The van der Waals surface area contributed by atoms with Crippen molar-refractivity contribution in [2.45, 2.75) is 0 Å². The van der Waals surface area contributed by atoms with Crippen molar-refractivity contribution in [2.75, 3.05) is 7.05 Å². The van der Waals surface area contributed by atoms with Gasteiger partial charge in [-0.3, -0.25) is 4.79 Å². The third kappa shape index (κ3) is 3.08. The predicted octanol–water partition coefficient (Wildman–Crippen LogP) is 3.43. The van der Waals surface area contributed by atoms with Gasteiger partial charge >= 0.3 is 0 Å². The van der Waals surface area contributed by atoms with Crippen LogP contribution in [0.4, 0.5) is 0 Å². The van der Waals surface area contributed by atoms with Gasteiger partial charge in [-0.2, -0.15) is 0 Å². The topological polar surface area (TPSA) is 20.3 Å². The average Bonchev–Trinajstić information content (AvgIpc) is 2.46. The average molecular weight is 237 g/mol. The highest BCUT2D eigenvalue weighted by molar-refractivity contribution is 5.94. The third-order valence-electron chi connectivity index (χ3n) is 2.63. The number of carbonyl (C=O) groups is 1. The van der Waals surface area contributed by atoms with Gasteiger partial charge in [0.05, 0.1) is 0 Å². The van der Waals surface area contributed by atoms with Crippen LogP contribution in [0.2, 0.25) is 0 Å². The van der Waals surface area contributed by atoms with Gasteiger partial charge in [0.25, 0.3) is 5.91 Å². The molecule has 18 heavy (non-hydrogen) atoms. The SMILES string of the molecule is CN(/C=C/c1ccccc1)C(=O)c1ccccc1. The van der Waals surface area contributed by atoms with Crippen molar-refractivity contribution in [3.8, 4) is 0 Å². The quantitative estimate of drug-likeness (QED) is 0.801. The van der Waals surface area contributed by atoms with E-state index in [1.54, 1.807) is 18.1 Å². The molecule has 2 rings (SSSR count). The number of benzene rings is 2. The Hall–Kier alpha value is -2.35. The van der Waals surface area contributed by atoms with Crippen molar-refractivity contribution >= 4 is 12.0 Å². The molecule has 0 aliphatic carbocycles. The Kier molecular flexibility index (Phi) is 3.92. The van der Waals surface area contributed by atoms with Crippen LogP contribution in [-0.2, 0) is 0 Å². The van der Waals surface area contributed by atoms with E-state index >= 15 is 0 Å². The van der Waals surface area contributed by atoms with Gasteiger partial charge < -0.3 is 4.90 Å². The van der Waals surface area contributed by atoms with Gasteiger partial charge in [0.1, 0.15) is 0 Å². The summed E-state index contributed by atoms with van der Waals surface area (Å²) in [7, 11) is 1.76. The zero-order valence-corrected chi connectivity index (χ0v) is 10.3. The first-order valence-corrected chi connectivity index (χ1v) is 5.83. The maximum absolute atomic E-state index is 12.0. The lowest BCUT2D eigenvalue weighted by molar-refractivity contribution is 0.0851. The summed E-state index contributed by atoms with van der Waals surface area (Å²) >= 11 is 0. The van der Waals surface area contributed by atoms with E-state index in [9.17, 15) is 4.79 Å². The fraction of sp³-hybridized carbons (Fsp3) is 0.0625. The molecule has 0 aliphatic heterocycles. The summed E-state index contributed by atoms with van der Waals surface area (Å²) < 4.78 is 0. The van der Waals surface area contributed by atoms with Crippen molar-refractivity contribution in [2.24, 2.45) is 0 Å². The van der Waals surface area contributed by atoms with Crippen LogP contribution < -0.4 is 0 Å². The Labute approximate surface area is 107 Å². The van der Waals surface area contributed by atoms with Crippen LogP contribution in [0, 0.1) is 0 Å². The number of hydrogen-bond donors (Lipinski definition) is 0. The molecule has 0 spiro atoms. The lowest BCUT2D eigenvalue weighted by Crippen LogP contribution is -2.20. The fourth-order valence-electron chi connectivity index (χ4n) is 1.61. The Balaban J connectivity index is 2.07. The molecule has 2 nitrogen and oxygen atoms in total. The first kappa shape index (κ1) is 12.1. The highest BCUT2D eigenvalue weighted by Crippen LogP contribution is 2.06. The lowest BCUT2D eigenvalue weighted by atomic mass is 10.2. The highest BCUT2D eigenvalue weighted by atomic mass is 16.2. The third-order valence-corrected chi connectivity index (χ3v) is 2.63. The van der Waals surface area contributed by atoms with Crippen molar-refractivity contribution < 1.29 is 4.79 Å². The molecule has 1 amide bonds. The Bertz CT molecular complexity index is 532. The Morgan fingerprint density at radius 3 is 2.11 bits per heavy atom. The molecule has 0 radical (unpaired) electrons. The minimum atomic E-state index is -0.0113. The number of amides is 1. The van der Waals surface area contributed by atoms with Crippen LogP contribution in [-0.4, -0.2) is 17.9 Å². The van der Waals surface area contributed by atoms with E-state index in [1.165, 1.54) is 0 Å². The number of carbonyl (C=O) groups excluding carboxylic acids is 1. The molecule has 0 saturated carbocycles. The monoisotopic (exact) mass is 237 g/mol. The zero-order valence-electron chi connectivity index (χ0n) is 10.3. The first-order valence-electron chi connectivity index (χ1n) is 5.83. The molecule has 2 heteroatoms. The van der Waals surface area contributed by atoms with Gasteiger partial charge in [0.2, 0.25) is 0 Å². The summed E-state index contributed by atoms with van der Waals surface area (Å²) in [5.41, 5.74) is 1.77. The van der Waals surface area contributed by atoms with E-state index in [0.29, 0.717) is 5.56 Å². The molecule has 0 N–H and O–H groups in total. The maximum Gasteiger partial charge on any atom is 0.257 e. The smallest absolute Gasteiger partial charge is 0.257 e. The van der Waals surface area contributed by atoms with E-state index in [4.69, 9.17) is 0 Å². The van der Waals surface area contributed by atoms with Gasteiger partial charge in [-0.1, -0.05) is 48.5 Å². The molecule has 0 heterocycles. The van der Waals surface area contributed by atoms with E-state index in [2.05, 4.69) is 0 Å². The minimum Gasteiger partial charge on any atom is -0.318 e. The number of nitrogens with zero attached hydrogens (tertiary/aromatic N) is 1. The van der Waals surface area contributed by atoms with Crippen LogP contribution in [0.25, 0.3) is 6.08 Å². The van der Waals surface area contributed by atoms with Crippen molar-refractivity contribution in [3.05, 3.63) is 78.0 Å². The molecule has 2 aromatic carbocycles. The molecule has 0 aromatic heterocycles. The minimum absolute atomic E-state index is 0.0113. The second-order valence-electron chi connectivity index (χ2n) is 4.01. The summed E-state index contributed by atoms with van der Waals surface area (Å²) in [4.78, 5) is 13.6. The summed E-state index contributed by atoms with van der Waals surface area (Å²) in [5, 5.41) is 0. The van der Waals surface area contributed by atoms with Gasteiger partial charge in [-0.15, -0.1) is 0 Å². The molecule has 0 atom stereocenters. The largest absolute Gasteiger partial charge is 0.318 e. The van der Waals surface area contributed by atoms with E-state index in [1.807, 2.05) is 66.7 Å². The Morgan fingerprint density at radius 1 is 0.944 bits per heavy atom. The molecular formula is C16H15NO. The molecular weight excluding hydrogens is 222 g/mol. The van der Waals surface area contributed by atoms with E-state index < -0.39 is 0 Å². The molecule has 0 saturated heterocycles. The van der Waals surface area contributed by atoms with Crippen molar-refractivity contribution in [3.63, 3.8) is 0 Å². The summed E-state index contributed by atoms with van der Waals surface area (Å²) in [6.07, 6.45) is 3.70. The van der Waals surface area contributed by atoms with Gasteiger partial charge in [-0.25, -0.2) is 0 Å². The van der Waals surface area contributed by atoms with Crippen LogP contribution in [0.1, 0.15) is 15.9 Å². The summed E-state index contributed by atoms with van der Waals surface area (Å²) in [6.45, 7) is 0. The fourth-order valence-corrected chi connectivity index (χ4v) is 1.61. The van der Waals surface area contributed by atoms with Crippen LogP contribution >= 0.6 is 0 Å². The molecule has 0 fully saturated rings. The molecule has 90 valence electrons. The number of hydrogen-bond acceptors (Lipinski definition) is 1. The van der Waals surface area contributed by atoms with E-state index in [0.717, 1.165) is 5.56 Å². The lowest BCUT2D eigenvalue weighted by Gasteiger charge is -2.11. The molecule has 0 bridgehead atoms.